The number of rotatable bonds is 3. The highest BCUT2D eigenvalue weighted by Crippen LogP contribution is 2.63. The number of nitrogens with zero attached hydrogens (tertiary/aromatic N) is 1. The molecule has 0 amide bonds. The molecule has 0 fully saturated rings. The molecular weight excluding hydrogens is 615 g/mol. The van der Waals surface area contributed by atoms with E-state index in [0.717, 1.165) is 0 Å². The highest BCUT2D eigenvalue weighted by Gasteiger charge is 2.50. The molecule has 12 rings (SSSR count). The zero-order valence-corrected chi connectivity index (χ0v) is 28.5. The van der Waals surface area contributed by atoms with Gasteiger partial charge in [0.25, 0.3) is 0 Å². The molecule has 0 saturated carbocycles. The van der Waals surface area contributed by atoms with Gasteiger partial charge in [0, 0.05) is 21.9 Å². The standard InChI is InChI=1S/C50H33N/c1-49(2)39-21-12-19-34(30-13-5-3-6-14-30)45(39)37-25-24-33(29-41(37)49)51-42-27-23-31-15-11-22-40-44(31)46(42)47-43(51)28-26-36-35-18-9-10-20-38(35)50(40,48(36)47)32-16-7-4-8-17-32/h3-29H,1-2H3. The van der Waals surface area contributed by atoms with Gasteiger partial charge in [0.2, 0.25) is 0 Å². The van der Waals surface area contributed by atoms with Crippen molar-refractivity contribution in [3.8, 4) is 39.1 Å². The van der Waals surface area contributed by atoms with Gasteiger partial charge in [0.15, 0.2) is 0 Å². The van der Waals surface area contributed by atoms with E-state index in [1.165, 1.54) is 105 Å². The Bertz CT molecular complexity index is 2980. The molecule has 0 saturated heterocycles. The summed E-state index contributed by atoms with van der Waals surface area (Å²) in [6.07, 6.45) is 0. The Morgan fingerprint density at radius 1 is 0.431 bits per heavy atom. The van der Waals surface area contributed by atoms with Gasteiger partial charge in [-0.25, -0.2) is 0 Å². The largest absolute Gasteiger partial charge is 0.309 e. The van der Waals surface area contributed by atoms with Crippen molar-refractivity contribution in [1.82, 2.24) is 4.57 Å². The fraction of sp³-hybridized carbons (Fsp3) is 0.0800. The minimum absolute atomic E-state index is 0.136. The lowest BCUT2D eigenvalue weighted by Crippen LogP contribution is -2.30. The van der Waals surface area contributed by atoms with Crippen LogP contribution in [0.3, 0.4) is 0 Å². The Labute approximate surface area is 297 Å². The van der Waals surface area contributed by atoms with Crippen molar-refractivity contribution in [3.63, 3.8) is 0 Å². The third kappa shape index (κ3) is 3.16. The molecule has 51 heavy (non-hydrogen) atoms. The summed E-state index contributed by atoms with van der Waals surface area (Å²) in [6, 6.07) is 61.8. The van der Waals surface area contributed by atoms with Crippen LogP contribution in [0.25, 0.3) is 71.6 Å². The van der Waals surface area contributed by atoms with Crippen molar-refractivity contribution in [2.45, 2.75) is 24.7 Å². The molecule has 1 aromatic heterocycles. The molecule has 238 valence electrons. The van der Waals surface area contributed by atoms with Gasteiger partial charge in [0.05, 0.1) is 16.4 Å². The minimum atomic E-state index is -0.394. The number of aromatic nitrogens is 1. The lowest BCUT2D eigenvalue weighted by atomic mass is 9.63. The van der Waals surface area contributed by atoms with E-state index in [-0.39, 0.29) is 5.41 Å². The SMILES string of the molecule is CC1(C)c2cc(-n3c4ccc5c6c4c4c7c(cccc7ccc43)C6(c3ccccc3)c3ccccc3-5)ccc2-c2c(-c3ccccc3)cccc21. The number of hydrogen-bond acceptors (Lipinski definition) is 0. The summed E-state index contributed by atoms with van der Waals surface area (Å²) in [4.78, 5) is 0. The Morgan fingerprint density at radius 3 is 1.96 bits per heavy atom. The monoisotopic (exact) mass is 647 g/mol. The summed E-state index contributed by atoms with van der Waals surface area (Å²) in [5.41, 5.74) is 19.5. The van der Waals surface area contributed by atoms with Crippen LogP contribution in [-0.2, 0) is 10.8 Å². The minimum Gasteiger partial charge on any atom is -0.309 e. The average molecular weight is 648 g/mol. The summed E-state index contributed by atoms with van der Waals surface area (Å²) in [7, 11) is 0. The Morgan fingerprint density at radius 2 is 1.10 bits per heavy atom. The first kappa shape index (κ1) is 27.6. The second kappa shape index (κ2) is 9.33. The summed E-state index contributed by atoms with van der Waals surface area (Å²) < 4.78 is 2.56. The fourth-order valence-corrected chi connectivity index (χ4v) is 10.5. The van der Waals surface area contributed by atoms with Crippen molar-refractivity contribution < 1.29 is 0 Å². The topological polar surface area (TPSA) is 4.93 Å². The third-order valence-electron chi connectivity index (χ3n) is 12.6. The molecule has 8 aromatic carbocycles. The maximum atomic E-state index is 2.56. The van der Waals surface area contributed by atoms with Gasteiger partial charge in [-0.05, 0) is 102 Å². The van der Waals surface area contributed by atoms with Gasteiger partial charge >= 0.3 is 0 Å². The van der Waals surface area contributed by atoms with E-state index in [0.29, 0.717) is 0 Å². The highest BCUT2D eigenvalue weighted by molar-refractivity contribution is 6.28. The van der Waals surface area contributed by atoms with E-state index in [1.54, 1.807) is 0 Å². The van der Waals surface area contributed by atoms with Crippen LogP contribution in [0.2, 0.25) is 0 Å². The molecule has 0 aliphatic heterocycles. The quantitative estimate of drug-likeness (QED) is 0.180. The molecule has 3 aliphatic rings. The number of hydrogen-bond donors (Lipinski definition) is 0. The van der Waals surface area contributed by atoms with Crippen LogP contribution in [0.4, 0.5) is 0 Å². The predicted molar refractivity (Wildman–Crippen MR) is 212 cm³/mol. The van der Waals surface area contributed by atoms with E-state index in [2.05, 4.69) is 182 Å². The summed E-state index contributed by atoms with van der Waals surface area (Å²) >= 11 is 0. The van der Waals surface area contributed by atoms with E-state index in [4.69, 9.17) is 0 Å². The van der Waals surface area contributed by atoms with E-state index in [9.17, 15) is 0 Å². The molecule has 0 N–H and O–H groups in total. The van der Waals surface area contributed by atoms with Crippen molar-refractivity contribution in [2.75, 3.05) is 0 Å². The first-order valence-electron chi connectivity index (χ1n) is 18.1. The average Bonchev–Trinajstić information content (AvgIpc) is 3.77. The van der Waals surface area contributed by atoms with Crippen LogP contribution >= 0.6 is 0 Å². The Kier molecular flexibility index (Phi) is 5.05. The highest BCUT2D eigenvalue weighted by atomic mass is 15.0. The van der Waals surface area contributed by atoms with Gasteiger partial charge in [-0.1, -0.05) is 153 Å². The summed E-state index contributed by atoms with van der Waals surface area (Å²) in [6.45, 7) is 4.79. The Balaban J connectivity index is 1.20. The molecule has 1 atom stereocenters. The zero-order valence-electron chi connectivity index (χ0n) is 28.5. The van der Waals surface area contributed by atoms with Gasteiger partial charge < -0.3 is 4.57 Å². The van der Waals surface area contributed by atoms with Crippen LogP contribution in [0.1, 0.15) is 47.2 Å². The van der Waals surface area contributed by atoms with Crippen LogP contribution < -0.4 is 0 Å². The second-order valence-electron chi connectivity index (χ2n) is 15.2. The number of fused-ring (bicyclic) bond motifs is 7. The van der Waals surface area contributed by atoms with E-state index < -0.39 is 5.41 Å². The van der Waals surface area contributed by atoms with Gasteiger partial charge in [0.1, 0.15) is 0 Å². The first-order valence-corrected chi connectivity index (χ1v) is 18.1. The van der Waals surface area contributed by atoms with E-state index in [1.807, 2.05) is 0 Å². The summed E-state index contributed by atoms with van der Waals surface area (Å²) in [5.74, 6) is 0. The van der Waals surface area contributed by atoms with Crippen LogP contribution in [0, 0.1) is 0 Å². The van der Waals surface area contributed by atoms with Crippen LogP contribution in [0.5, 0.6) is 0 Å². The molecule has 0 bridgehead atoms. The van der Waals surface area contributed by atoms with Crippen molar-refractivity contribution in [3.05, 3.63) is 197 Å². The maximum Gasteiger partial charge on any atom is 0.0726 e. The van der Waals surface area contributed by atoms with Crippen molar-refractivity contribution >= 4 is 32.6 Å². The third-order valence-corrected chi connectivity index (χ3v) is 12.6. The molecule has 1 heterocycles. The second-order valence-corrected chi connectivity index (χ2v) is 15.2. The zero-order chi connectivity index (χ0) is 33.6. The predicted octanol–water partition coefficient (Wildman–Crippen LogP) is 12.6. The molecule has 1 unspecified atom stereocenters. The van der Waals surface area contributed by atoms with Gasteiger partial charge in [-0.3, -0.25) is 0 Å². The molecule has 3 aliphatic carbocycles. The molecule has 0 spiro atoms. The first-order chi connectivity index (χ1) is 25.1. The van der Waals surface area contributed by atoms with Crippen molar-refractivity contribution in [2.24, 2.45) is 0 Å². The molecule has 9 aromatic rings. The smallest absolute Gasteiger partial charge is 0.0726 e. The lowest BCUT2D eigenvalue weighted by molar-refractivity contribution is 0.660. The van der Waals surface area contributed by atoms with Crippen molar-refractivity contribution in [1.29, 1.82) is 0 Å². The number of benzene rings is 8. The Hall–Kier alpha value is -6.18. The molecule has 1 nitrogen and oxygen atoms in total. The van der Waals surface area contributed by atoms with Crippen LogP contribution in [-0.4, -0.2) is 4.57 Å². The van der Waals surface area contributed by atoms with Gasteiger partial charge in [-0.15, -0.1) is 0 Å². The summed E-state index contributed by atoms with van der Waals surface area (Å²) in [5, 5.41) is 5.45. The molecular formula is C50H33N. The lowest BCUT2D eigenvalue weighted by Gasteiger charge is -2.37. The van der Waals surface area contributed by atoms with Crippen LogP contribution in [0.15, 0.2) is 164 Å². The van der Waals surface area contributed by atoms with E-state index >= 15 is 0 Å². The molecule has 1 heteroatoms. The fourth-order valence-electron chi connectivity index (χ4n) is 10.5. The maximum absolute atomic E-state index is 2.56. The molecule has 0 radical (unpaired) electrons. The normalized spacial score (nSPS) is 17.1. The van der Waals surface area contributed by atoms with Gasteiger partial charge in [-0.2, -0.15) is 0 Å².